The van der Waals surface area contributed by atoms with Crippen LogP contribution in [0.3, 0.4) is 0 Å². The third kappa shape index (κ3) is 3.18. The van der Waals surface area contributed by atoms with E-state index >= 15 is 0 Å². The number of amides is 1. The molecule has 0 aliphatic heterocycles. The number of ketones is 1. The van der Waals surface area contributed by atoms with Gasteiger partial charge in [-0.25, -0.2) is 0 Å². The van der Waals surface area contributed by atoms with Gasteiger partial charge in [0.2, 0.25) is 11.7 Å². The third-order valence-corrected chi connectivity index (χ3v) is 1.93. The molecule has 0 unspecified atom stereocenters. The van der Waals surface area contributed by atoms with Crippen molar-refractivity contribution in [1.82, 2.24) is 5.32 Å². The highest BCUT2D eigenvalue weighted by Gasteiger charge is 2.17. The lowest BCUT2D eigenvalue weighted by Crippen LogP contribution is -2.40. The van der Waals surface area contributed by atoms with Crippen LogP contribution in [0.25, 0.3) is 0 Å². The maximum atomic E-state index is 11.5. The molecule has 4 heteroatoms. The summed E-state index contributed by atoms with van der Waals surface area (Å²) < 4.78 is 0. The predicted octanol–water partition coefficient (Wildman–Crippen LogP) is 0.714. The van der Waals surface area contributed by atoms with E-state index in [0.717, 1.165) is 0 Å². The Labute approximate surface area is 87.9 Å². The lowest BCUT2D eigenvalue weighted by Gasteiger charge is -2.10. The smallest absolute Gasteiger partial charge is 0.222 e. The second kappa shape index (κ2) is 5.26. The predicted molar refractivity (Wildman–Crippen MR) is 55.2 cm³/mol. The van der Waals surface area contributed by atoms with Crippen LogP contribution in [0.5, 0.6) is 0 Å². The van der Waals surface area contributed by atoms with Gasteiger partial charge in [-0.05, 0) is 0 Å². The van der Waals surface area contributed by atoms with Crippen LogP contribution in [0, 0.1) is 0 Å². The molecule has 0 radical (unpaired) electrons. The van der Waals surface area contributed by atoms with Gasteiger partial charge >= 0.3 is 0 Å². The zero-order valence-corrected chi connectivity index (χ0v) is 8.43. The number of nitrogens with one attached hydrogen (secondary N) is 1. The quantitative estimate of drug-likeness (QED) is 0.564. The molecule has 0 aromatic heterocycles. The molecule has 1 aromatic carbocycles. The topological polar surface area (TPSA) is 66.4 Å². The van der Waals surface area contributed by atoms with E-state index in [4.69, 9.17) is 0 Å². The van der Waals surface area contributed by atoms with Crippen LogP contribution < -0.4 is 5.32 Å². The number of rotatable bonds is 4. The Morgan fingerprint density at radius 1 is 1.33 bits per heavy atom. The fraction of sp³-hybridized carbons (Fsp3) is 0.273. The van der Waals surface area contributed by atoms with E-state index in [0.29, 0.717) is 5.56 Å². The Morgan fingerprint density at radius 3 is 2.47 bits per heavy atom. The Hall–Kier alpha value is -1.68. The molecule has 1 atom stereocenters. The molecule has 0 heterocycles. The molecule has 2 N–H and O–H groups in total. The molecule has 0 spiro atoms. The fourth-order valence-electron chi connectivity index (χ4n) is 1.08. The van der Waals surface area contributed by atoms with Crippen molar-refractivity contribution in [3.8, 4) is 0 Å². The van der Waals surface area contributed by atoms with Crippen molar-refractivity contribution in [3.63, 3.8) is 0 Å². The minimum absolute atomic E-state index is 0.235. The van der Waals surface area contributed by atoms with Crippen molar-refractivity contribution in [1.29, 1.82) is 0 Å². The molecule has 0 aliphatic rings. The van der Waals surface area contributed by atoms with Gasteiger partial charge in [-0.15, -0.1) is 0 Å². The zero-order chi connectivity index (χ0) is 11.3. The van der Waals surface area contributed by atoms with E-state index < -0.39 is 12.0 Å². The number of hydrogen-bond donors (Lipinski definition) is 2. The van der Waals surface area contributed by atoms with E-state index in [9.17, 15) is 14.7 Å². The maximum absolute atomic E-state index is 11.5. The van der Waals surface area contributed by atoms with Crippen molar-refractivity contribution >= 4 is 11.7 Å². The van der Waals surface area contributed by atoms with Gasteiger partial charge in [-0.2, -0.15) is 0 Å². The normalized spacial score (nSPS) is 11.9. The molecule has 0 fully saturated rings. The first-order valence-electron chi connectivity index (χ1n) is 4.72. The molecule has 1 amide bonds. The Bertz CT molecular complexity index is 348. The highest BCUT2D eigenvalue weighted by atomic mass is 16.3. The molecular formula is C11H13NO3. The summed E-state index contributed by atoms with van der Waals surface area (Å²) in [6, 6.07) is 8.34. The van der Waals surface area contributed by atoms with Gasteiger partial charge in [0.25, 0.3) is 0 Å². The first-order chi connectivity index (χ1) is 7.15. The van der Waals surface area contributed by atoms with Crippen molar-refractivity contribution < 1.29 is 14.7 Å². The minimum atomic E-state index is -1.46. The average Bonchev–Trinajstić information content (AvgIpc) is 2.29. The molecule has 15 heavy (non-hydrogen) atoms. The molecule has 1 aromatic rings. The van der Waals surface area contributed by atoms with Gasteiger partial charge in [0.05, 0.1) is 0 Å². The highest BCUT2D eigenvalue weighted by Crippen LogP contribution is 2.02. The second-order valence-electron chi connectivity index (χ2n) is 3.05. The Morgan fingerprint density at radius 2 is 1.93 bits per heavy atom. The van der Waals surface area contributed by atoms with Gasteiger partial charge in [0.1, 0.15) is 0 Å². The number of aliphatic hydroxyl groups excluding tert-OH is 1. The molecule has 80 valence electrons. The van der Waals surface area contributed by atoms with Crippen LogP contribution in [-0.4, -0.2) is 23.0 Å². The molecule has 0 saturated heterocycles. The van der Waals surface area contributed by atoms with Crippen LogP contribution in [-0.2, 0) is 4.79 Å². The van der Waals surface area contributed by atoms with Crippen molar-refractivity contribution in [3.05, 3.63) is 35.9 Å². The van der Waals surface area contributed by atoms with Crippen LogP contribution in [0.2, 0.25) is 0 Å². The monoisotopic (exact) mass is 207 g/mol. The summed E-state index contributed by atoms with van der Waals surface area (Å²) in [5.41, 5.74) is 0.376. The van der Waals surface area contributed by atoms with Crippen molar-refractivity contribution in [2.45, 2.75) is 19.6 Å². The molecular weight excluding hydrogens is 194 g/mol. The standard InChI is InChI=1S/C11H13NO3/c1-2-9(13)12-11(15)10(14)8-6-4-3-5-7-8/h3-7,11,15H,2H2,1H3,(H,12,13)/t11-/m1/s1. The summed E-state index contributed by atoms with van der Waals surface area (Å²) in [6.07, 6.45) is -1.22. The van der Waals surface area contributed by atoms with Crippen LogP contribution in [0.15, 0.2) is 30.3 Å². The van der Waals surface area contributed by atoms with Crippen LogP contribution in [0.4, 0.5) is 0 Å². The van der Waals surface area contributed by atoms with Gasteiger partial charge in [0, 0.05) is 12.0 Å². The van der Waals surface area contributed by atoms with E-state index in [1.54, 1.807) is 37.3 Å². The van der Waals surface area contributed by atoms with Crippen LogP contribution in [0.1, 0.15) is 23.7 Å². The largest absolute Gasteiger partial charge is 0.367 e. The minimum Gasteiger partial charge on any atom is -0.367 e. The zero-order valence-electron chi connectivity index (χ0n) is 8.43. The van der Waals surface area contributed by atoms with E-state index in [1.807, 2.05) is 0 Å². The van der Waals surface area contributed by atoms with E-state index in [-0.39, 0.29) is 12.3 Å². The fourth-order valence-corrected chi connectivity index (χ4v) is 1.08. The number of carbonyl (C=O) groups is 2. The Balaban J connectivity index is 2.65. The molecule has 1 rings (SSSR count). The number of aliphatic hydroxyl groups is 1. The number of Topliss-reactive ketones (excluding diaryl/α,β-unsaturated/α-hetero) is 1. The lowest BCUT2D eigenvalue weighted by atomic mass is 10.1. The maximum Gasteiger partial charge on any atom is 0.222 e. The van der Waals surface area contributed by atoms with Gasteiger partial charge in [-0.1, -0.05) is 37.3 Å². The second-order valence-corrected chi connectivity index (χ2v) is 3.05. The molecule has 0 saturated carbocycles. The number of carbonyl (C=O) groups excluding carboxylic acids is 2. The SMILES string of the molecule is CCC(=O)N[C@H](O)C(=O)c1ccccc1. The van der Waals surface area contributed by atoms with Gasteiger partial charge in [-0.3, -0.25) is 9.59 Å². The highest BCUT2D eigenvalue weighted by molar-refractivity contribution is 6.00. The summed E-state index contributed by atoms with van der Waals surface area (Å²) in [6.45, 7) is 1.65. The summed E-state index contributed by atoms with van der Waals surface area (Å²) in [5, 5.41) is 11.6. The first kappa shape index (κ1) is 11.4. The average molecular weight is 207 g/mol. The first-order valence-corrected chi connectivity index (χ1v) is 4.72. The van der Waals surface area contributed by atoms with Gasteiger partial charge < -0.3 is 10.4 Å². The lowest BCUT2D eigenvalue weighted by molar-refractivity contribution is -0.123. The Kier molecular flexibility index (Phi) is 4.00. The summed E-state index contributed by atoms with van der Waals surface area (Å²) in [4.78, 5) is 22.5. The number of benzene rings is 1. The van der Waals surface area contributed by atoms with Crippen molar-refractivity contribution in [2.24, 2.45) is 0 Å². The summed E-state index contributed by atoms with van der Waals surface area (Å²) >= 11 is 0. The molecule has 4 nitrogen and oxygen atoms in total. The summed E-state index contributed by atoms with van der Waals surface area (Å²) in [7, 11) is 0. The van der Waals surface area contributed by atoms with E-state index in [1.165, 1.54) is 0 Å². The molecule has 0 bridgehead atoms. The van der Waals surface area contributed by atoms with Crippen molar-refractivity contribution in [2.75, 3.05) is 0 Å². The third-order valence-electron chi connectivity index (χ3n) is 1.93. The number of hydrogen-bond acceptors (Lipinski definition) is 3. The van der Waals surface area contributed by atoms with Crippen LogP contribution >= 0.6 is 0 Å². The van der Waals surface area contributed by atoms with E-state index in [2.05, 4.69) is 5.32 Å². The van der Waals surface area contributed by atoms with Gasteiger partial charge in [0.15, 0.2) is 6.23 Å². The molecule has 0 aliphatic carbocycles. The summed E-state index contributed by atoms with van der Waals surface area (Å²) in [5.74, 6) is -0.857.